The van der Waals surface area contributed by atoms with Gasteiger partial charge in [-0.1, -0.05) is 30.3 Å². The van der Waals surface area contributed by atoms with E-state index in [0.717, 1.165) is 23.3 Å². The molecule has 0 bridgehead atoms. The number of benzene rings is 2. The number of nitrogens with zero attached hydrogens (tertiary/aromatic N) is 2. The lowest BCUT2D eigenvalue weighted by Gasteiger charge is -2.10. The maximum Gasteiger partial charge on any atom is 0.261 e. The molecule has 0 aliphatic rings. The van der Waals surface area contributed by atoms with Crippen molar-refractivity contribution in [2.24, 2.45) is 0 Å². The van der Waals surface area contributed by atoms with E-state index in [-0.39, 0.29) is 5.56 Å². The predicted octanol–water partition coefficient (Wildman–Crippen LogP) is 3.17. The second kappa shape index (κ2) is 6.43. The third-order valence-electron chi connectivity index (χ3n) is 3.63. The largest absolute Gasteiger partial charge is 0.493 e. The average Bonchev–Trinajstić information content (AvgIpc) is 2.55. The highest BCUT2D eigenvalue weighted by Gasteiger charge is 2.03. The van der Waals surface area contributed by atoms with Crippen molar-refractivity contribution in [1.29, 1.82) is 0 Å². The van der Waals surface area contributed by atoms with Gasteiger partial charge in [0.15, 0.2) is 0 Å². The van der Waals surface area contributed by atoms with Crippen LogP contribution in [0.25, 0.3) is 10.9 Å². The topological polar surface area (TPSA) is 44.1 Å². The number of ether oxygens (including phenoxy) is 1. The van der Waals surface area contributed by atoms with Crippen LogP contribution >= 0.6 is 0 Å². The van der Waals surface area contributed by atoms with Crippen LogP contribution in [0.2, 0.25) is 0 Å². The maximum atomic E-state index is 12.3. The Morgan fingerprint density at radius 2 is 1.86 bits per heavy atom. The molecule has 0 N–H and O–H groups in total. The number of para-hydroxylation sites is 2. The first kappa shape index (κ1) is 14.3. The second-order valence-electron chi connectivity index (χ2n) is 5.23. The molecule has 2 aromatic carbocycles. The normalized spacial score (nSPS) is 10.8. The van der Waals surface area contributed by atoms with Crippen LogP contribution in [-0.4, -0.2) is 16.2 Å². The molecule has 3 aromatic rings. The molecule has 0 unspecified atom stereocenters. The number of rotatable bonds is 5. The second-order valence-corrected chi connectivity index (χ2v) is 5.23. The summed E-state index contributed by atoms with van der Waals surface area (Å²) in [6.45, 7) is 3.19. The summed E-state index contributed by atoms with van der Waals surface area (Å²) < 4.78 is 7.39. The summed E-state index contributed by atoms with van der Waals surface area (Å²) in [7, 11) is 0. The van der Waals surface area contributed by atoms with Gasteiger partial charge in [-0.3, -0.25) is 9.36 Å². The highest BCUT2D eigenvalue weighted by Crippen LogP contribution is 2.16. The van der Waals surface area contributed by atoms with Gasteiger partial charge in [0.05, 0.1) is 23.8 Å². The van der Waals surface area contributed by atoms with E-state index >= 15 is 0 Å². The first-order valence-electron chi connectivity index (χ1n) is 7.38. The number of hydrogen-bond acceptors (Lipinski definition) is 3. The Morgan fingerprint density at radius 3 is 2.73 bits per heavy atom. The fourth-order valence-electron chi connectivity index (χ4n) is 2.40. The molecule has 1 aromatic heterocycles. The zero-order valence-electron chi connectivity index (χ0n) is 12.5. The van der Waals surface area contributed by atoms with Crippen molar-refractivity contribution < 1.29 is 4.74 Å². The Hall–Kier alpha value is -2.62. The molecule has 0 spiro atoms. The molecule has 0 atom stereocenters. The minimum absolute atomic E-state index is 0.00138. The lowest BCUT2D eigenvalue weighted by atomic mass is 10.2. The Balaban J connectivity index is 1.64. The Bertz CT molecular complexity index is 840. The highest BCUT2D eigenvalue weighted by molar-refractivity contribution is 5.76. The number of hydrogen-bond donors (Lipinski definition) is 0. The van der Waals surface area contributed by atoms with Crippen LogP contribution in [0.3, 0.4) is 0 Å². The van der Waals surface area contributed by atoms with E-state index in [1.54, 1.807) is 10.9 Å². The minimum atomic E-state index is 0.00138. The summed E-state index contributed by atoms with van der Waals surface area (Å²) in [5.74, 6) is 0.895. The smallest absolute Gasteiger partial charge is 0.261 e. The lowest BCUT2D eigenvalue weighted by molar-refractivity contribution is 0.299. The van der Waals surface area contributed by atoms with Crippen molar-refractivity contribution >= 4 is 10.9 Å². The maximum absolute atomic E-state index is 12.3. The van der Waals surface area contributed by atoms with E-state index in [4.69, 9.17) is 4.74 Å². The van der Waals surface area contributed by atoms with E-state index in [9.17, 15) is 4.79 Å². The molecular weight excluding hydrogens is 276 g/mol. The highest BCUT2D eigenvalue weighted by atomic mass is 16.5. The molecule has 0 saturated heterocycles. The van der Waals surface area contributed by atoms with E-state index < -0.39 is 0 Å². The van der Waals surface area contributed by atoms with Gasteiger partial charge < -0.3 is 4.74 Å². The Labute approximate surface area is 129 Å². The third kappa shape index (κ3) is 3.01. The summed E-state index contributed by atoms with van der Waals surface area (Å²) >= 11 is 0. The van der Waals surface area contributed by atoms with Gasteiger partial charge in [0.25, 0.3) is 5.56 Å². The Kier molecular flexibility index (Phi) is 4.19. The monoisotopic (exact) mass is 294 g/mol. The summed E-state index contributed by atoms with van der Waals surface area (Å²) in [6.07, 6.45) is 2.37. The molecule has 0 aliphatic heterocycles. The van der Waals surface area contributed by atoms with Crippen LogP contribution in [0, 0.1) is 6.92 Å². The molecule has 0 fully saturated rings. The first-order valence-corrected chi connectivity index (χ1v) is 7.38. The molecule has 112 valence electrons. The van der Waals surface area contributed by atoms with Gasteiger partial charge in [0, 0.05) is 6.54 Å². The van der Waals surface area contributed by atoms with Crippen molar-refractivity contribution in [3.8, 4) is 5.75 Å². The van der Waals surface area contributed by atoms with Crippen molar-refractivity contribution in [2.45, 2.75) is 19.9 Å². The van der Waals surface area contributed by atoms with Crippen molar-refractivity contribution in [2.75, 3.05) is 6.61 Å². The predicted molar refractivity (Wildman–Crippen MR) is 87.3 cm³/mol. The molecule has 3 rings (SSSR count). The number of fused-ring (bicyclic) bond motifs is 1. The van der Waals surface area contributed by atoms with Gasteiger partial charge in [-0.25, -0.2) is 4.98 Å². The lowest BCUT2D eigenvalue weighted by Crippen LogP contribution is -2.21. The van der Waals surface area contributed by atoms with E-state index in [1.807, 2.05) is 55.5 Å². The van der Waals surface area contributed by atoms with Crippen LogP contribution < -0.4 is 10.3 Å². The van der Waals surface area contributed by atoms with Crippen molar-refractivity contribution in [3.63, 3.8) is 0 Å². The summed E-state index contributed by atoms with van der Waals surface area (Å²) in [6, 6.07) is 15.3. The van der Waals surface area contributed by atoms with Crippen molar-refractivity contribution in [1.82, 2.24) is 9.55 Å². The SMILES string of the molecule is Cc1ccccc1OCCCn1cnc2ccccc2c1=O. The summed E-state index contributed by atoms with van der Waals surface area (Å²) in [4.78, 5) is 16.6. The number of aryl methyl sites for hydroxylation is 2. The zero-order valence-corrected chi connectivity index (χ0v) is 12.5. The molecule has 4 heteroatoms. The van der Waals surface area contributed by atoms with Crippen LogP contribution in [0.1, 0.15) is 12.0 Å². The van der Waals surface area contributed by atoms with Gasteiger partial charge >= 0.3 is 0 Å². The average molecular weight is 294 g/mol. The van der Waals surface area contributed by atoms with Gasteiger partial charge in [-0.2, -0.15) is 0 Å². The minimum Gasteiger partial charge on any atom is -0.493 e. The van der Waals surface area contributed by atoms with Gasteiger partial charge in [0.1, 0.15) is 5.75 Å². The molecule has 0 amide bonds. The molecule has 0 aliphatic carbocycles. The first-order chi connectivity index (χ1) is 10.8. The molecule has 4 nitrogen and oxygen atoms in total. The summed E-state index contributed by atoms with van der Waals surface area (Å²) in [5, 5.41) is 0.657. The molecule has 0 radical (unpaired) electrons. The quantitative estimate of drug-likeness (QED) is 0.679. The van der Waals surface area contributed by atoms with Gasteiger partial charge in [-0.15, -0.1) is 0 Å². The van der Waals surface area contributed by atoms with E-state index in [1.165, 1.54) is 0 Å². The van der Waals surface area contributed by atoms with Gasteiger partial charge in [-0.05, 0) is 37.1 Å². The summed E-state index contributed by atoms with van der Waals surface area (Å²) in [5.41, 5.74) is 1.86. The van der Waals surface area contributed by atoms with Crippen LogP contribution in [0.15, 0.2) is 59.7 Å². The standard InChI is InChI=1S/C18H18N2O2/c1-14-7-2-5-10-17(14)22-12-6-11-20-13-19-16-9-4-3-8-15(16)18(20)21/h2-5,7-10,13H,6,11-12H2,1H3. The van der Waals surface area contributed by atoms with Crippen LogP contribution in [-0.2, 0) is 6.54 Å². The fourth-order valence-corrected chi connectivity index (χ4v) is 2.40. The molecular formula is C18H18N2O2. The van der Waals surface area contributed by atoms with E-state index in [0.29, 0.717) is 18.5 Å². The third-order valence-corrected chi connectivity index (χ3v) is 3.63. The van der Waals surface area contributed by atoms with Crippen LogP contribution in [0.5, 0.6) is 5.75 Å². The fraction of sp³-hybridized carbons (Fsp3) is 0.222. The molecule has 1 heterocycles. The number of aromatic nitrogens is 2. The zero-order chi connectivity index (χ0) is 15.4. The van der Waals surface area contributed by atoms with Crippen molar-refractivity contribution in [3.05, 3.63) is 70.8 Å². The molecule has 22 heavy (non-hydrogen) atoms. The van der Waals surface area contributed by atoms with Crippen LogP contribution in [0.4, 0.5) is 0 Å². The van der Waals surface area contributed by atoms with Gasteiger partial charge in [0.2, 0.25) is 0 Å². The Morgan fingerprint density at radius 1 is 1.09 bits per heavy atom. The molecule has 0 saturated carbocycles. The van der Waals surface area contributed by atoms with E-state index in [2.05, 4.69) is 4.98 Å².